The minimum absolute atomic E-state index is 0.462. The van der Waals surface area contributed by atoms with Crippen LogP contribution in [-0.4, -0.2) is 11.1 Å². The fourth-order valence-electron chi connectivity index (χ4n) is 2.93. The molecule has 0 spiro atoms. The molecule has 2 nitrogen and oxygen atoms in total. The highest BCUT2D eigenvalue weighted by Crippen LogP contribution is 2.21. The maximum Gasteiger partial charge on any atom is 0.330 e. The van der Waals surface area contributed by atoms with E-state index >= 15 is 0 Å². The summed E-state index contributed by atoms with van der Waals surface area (Å²) in [5, 5.41) is 9.06. The first-order chi connectivity index (χ1) is 10.6. The van der Waals surface area contributed by atoms with E-state index in [0.717, 1.165) is 12.8 Å². The normalized spacial score (nSPS) is 13.3. The number of allylic oxidation sites excluding steroid dienone is 1. The summed E-state index contributed by atoms with van der Waals surface area (Å²) in [4.78, 5) is 11.0. The van der Waals surface area contributed by atoms with E-state index in [1.54, 1.807) is 6.92 Å². The van der Waals surface area contributed by atoms with Crippen LogP contribution < -0.4 is 0 Å². The lowest BCUT2D eigenvalue weighted by atomic mass is 9.92. The molecule has 1 unspecified atom stereocenters. The molecule has 0 rings (SSSR count). The molecule has 2 heteroatoms. The summed E-state index contributed by atoms with van der Waals surface area (Å²) >= 11 is 0. The van der Waals surface area contributed by atoms with Crippen LogP contribution in [0, 0.1) is 5.92 Å². The van der Waals surface area contributed by atoms with Crippen molar-refractivity contribution in [2.75, 3.05) is 0 Å². The van der Waals surface area contributed by atoms with Gasteiger partial charge in [0.1, 0.15) is 0 Å². The predicted molar refractivity (Wildman–Crippen MR) is 96.3 cm³/mol. The van der Waals surface area contributed by atoms with Gasteiger partial charge in [0.25, 0.3) is 0 Å². The minimum Gasteiger partial charge on any atom is -0.478 e. The Bertz CT molecular complexity index is 294. The smallest absolute Gasteiger partial charge is 0.330 e. The molecule has 0 fully saturated rings. The van der Waals surface area contributed by atoms with Crippen LogP contribution >= 0.6 is 0 Å². The molecule has 0 aromatic rings. The first-order valence-corrected chi connectivity index (χ1v) is 9.53. The van der Waals surface area contributed by atoms with Crippen molar-refractivity contribution in [3.8, 4) is 0 Å². The van der Waals surface area contributed by atoms with Gasteiger partial charge in [-0.15, -0.1) is 0 Å². The molecule has 0 aromatic carbocycles. The van der Waals surface area contributed by atoms with Gasteiger partial charge in [-0.05, 0) is 25.7 Å². The summed E-state index contributed by atoms with van der Waals surface area (Å²) in [6.07, 6.45) is 18.7. The maximum absolute atomic E-state index is 11.0. The van der Waals surface area contributed by atoms with Gasteiger partial charge in [-0.1, -0.05) is 90.6 Å². The molecule has 130 valence electrons. The van der Waals surface area contributed by atoms with Gasteiger partial charge < -0.3 is 5.11 Å². The largest absolute Gasteiger partial charge is 0.478 e. The van der Waals surface area contributed by atoms with Gasteiger partial charge in [-0.2, -0.15) is 0 Å². The minimum atomic E-state index is -0.766. The number of hydrogen-bond donors (Lipinski definition) is 1. The zero-order valence-electron chi connectivity index (χ0n) is 15.2. The second-order valence-electron chi connectivity index (χ2n) is 6.67. The van der Waals surface area contributed by atoms with Crippen molar-refractivity contribution in [3.63, 3.8) is 0 Å². The third kappa shape index (κ3) is 12.9. The van der Waals surface area contributed by atoms with E-state index in [4.69, 9.17) is 5.11 Å². The average molecular weight is 311 g/mol. The molecule has 1 atom stereocenters. The second kappa shape index (κ2) is 15.1. The zero-order chi connectivity index (χ0) is 16.6. The molecular formula is C20H38O2. The molecule has 0 amide bonds. The van der Waals surface area contributed by atoms with Crippen molar-refractivity contribution < 1.29 is 9.90 Å². The van der Waals surface area contributed by atoms with Crippen molar-refractivity contribution >= 4 is 5.97 Å². The van der Waals surface area contributed by atoms with Gasteiger partial charge in [-0.3, -0.25) is 0 Å². The topological polar surface area (TPSA) is 37.3 Å². The number of carbonyl (C=O) groups is 1. The molecule has 1 N–H and O–H groups in total. The highest BCUT2D eigenvalue weighted by Gasteiger charge is 2.09. The van der Waals surface area contributed by atoms with E-state index in [1.807, 2.05) is 6.08 Å². The van der Waals surface area contributed by atoms with Crippen LogP contribution in [0.2, 0.25) is 0 Å². The predicted octanol–water partition coefficient (Wildman–Crippen LogP) is 6.74. The third-order valence-electron chi connectivity index (χ3n) is 4.43. The Morgan fingerprint density at radius 3 is 1.68 bits per heavy atom. The lowest BCUT2D eigenvalue weighted by molar-refractivity contribution is -0.132. The summed E-state index contributed by atoms with van der Waals surface area (Å²) in [6.45, 7) is 6.21. The lowest BCUT2D eigenvalue weighted by Gasteiger charge is -2.13. The van der Waals surface area contributed by atoms with Gasteiger partial charge in [-0.25, -0.2) is 4.79 Å². The van der Waals surface area contributed by atoms with E-state index in [1.165, 1.54) is 70.6 Å². The van der Waals surface area contributed by atoms with Crippen molar-refractivity contribution in [2.24, 2.45) is 5.92 Å². The number of aliphatic carboxylic acids is 1. The van der Waals surface area contributed by atoms with Gasteiger partial charge in [0.05, 0.1) is 0 Å². The van der Waals surface area contributed by atoms with Crippen LogP contribution in [0.5, 0.6) is 0 Å². The van der Waals surface area contributed by atoms with E-state index in [2.05, 4.69) is 13.8 Å². The van der Waals surface area contributed by atoms with Crippen LogP contribution in [0.1, 0.15) is 104 Å². The molecule has 0 aliphatic carbocycles. The van der Waals surface area contributed by atoms with Crippen LogP contribution in [0.3, 0.4) is 0 Å². The number of carboxylic acids is 1. The number of hydrogen-bond acceptors (Lipinski definition) is 1. The molecule has 0 aromatic heterocycles. The Balaban J connectivity index is 4.01. The number of rotatable bonds is 15. The van der Waals surface area contributed by atoms with Crippen molar-refractivity contribution in [1.82, 2.24) is 0 Å². The van der Waals surface area contributed by atoms with Crippen molar-refractivity contribution in [3.05, 3.63) is 11.6 Å². The van der Waals surface area contributed by atoms with Crippen LogP contribution in [-0.2, 0) is 4.79 Å². The summed E-state index contributed by atoms with van der Waals surface area (Å²) in [5.41, 5.74) is 0.517. The zero-order valence-corrected chi connectivity index (χ0v) is 15.2. The summed E-state index contributed by atoms with van der Waals surface area (Å²) in [5.74, 6) is -0.304. The summed E-state index contributed by atoms with van der Waals surface area (Å²) in [6, 6.07) is 0. The van der Waals surface area contributed by atoms with Gasteiger partial charge >= 0.3 is 5.97 Å². The van der Waals surface area contributed by atoms with E-state index in [-0.39, 0.29) is 0 Å². The summed E-state index contributed by atoms with van der Waals surface area (Å²) in [7, 11) is 0. The van der Waals surface area contributed by atoms with Gasteiger partial charge in [0.2, 0.25) is 0 Å². The SMILES string of the molecule is CCCCCCCCCC(C=C(C)C(=O)O)CCCCCC. The molecule has 0 aliphatic rings. The number of unbranched alkanes of at least 4 members (excludes halogenated alkanes) is 9. The fraction of sp³-hybridized carbons (Fsp3) is 0.850. The number of carboxylic acid groups (broad SMARTS) is 1. The molecule has 0 radical (unpaired) electrons. The van der Waals surface area contributed by atoms with E-state index < -0.39 is 5.97 Å². The van der Waals surface area contributed by atoms with Crippen LogP contribution in [0.4, 0.5) is 0 Å². The molecule has 0 saturated heterocycles. The Labute approximate surface area is 138 Å². The molecule has 0 bridgehead atoms. The van der Waals surface area contributed by atoms with E-state index in [9.17, 15) is 4.79 Å². The first kappa shape index (κ1) is 21.2. The van der Waals surface area contributed by atoms with Crippen molar-refractivity contribution in [1.29, 1.82) is 0 Å². The monoisotopic (exact) mass is 310 g/mol. The quantitative estimate of drug-likeness (QED) is 0.268. The standard InChI is InChI=1S/C20H38O2/c1-4-6-8-10-11-12-14-16-19(15-13-9-7-5-2)17-18(3)20(21)22/h17,19H,4-16H2,1-3H3,(H,21,22). The Morgan fingerprint density at radius 2 is 1.23 bits per heavy atom. The van der Waals surface area contributed by atoms with Crippen LogP contribution in [0.25, 0.3) is 0 Å². The Hall–Kier alpha value is -0.790. The highest BCUT2D eigenvalue weighted by molar-refractivity contribution is 5.85. The molecule has 0 aliphatic heterocycles. The summed E-state index contributed by atoms with van der Waals surface area (Å²) < 4.78 is 0. The fourth-order valence-corrected chi connectivity index (χ4v) is 2.93. The van der Waals surface area contributed by atoms with Crippen LogP contribution in [0.15, 0.2) is 11.6 Å². The lowest BCUT2D eigenvalue weighted by Crippen LogP contribution is -2.03. The van der Waals surface area contributed by atoms with E-state index in [0.29, 0.717) is 11.5 Å². The molecule has 0 saturated carbocycles. The van der Waals surface area contributed by atoms with Crippen molar-refractivity contribution in [2.45, 2.75) is 104 Å². The molecule has 0 heterocycles. The Kier molecular flexibility index (Phi) is 14.6. The third-order valence-corrected chi connectivity index (χ3v) is 4.43. The molecular weight excluding hydrogens is 272 g/mol. The van der Waals surface area contributed by atoms with Gasteiger partial charge in [0.15, 0.2) is 0 Å². The van der Waals surface area contributed by atoms with Gasteiger partial charge in [0, 0.05) is 5.57 Å². The maximum atomic E-state index is 11.0. The molecule has 22 heavy (non-hydrogen) atoms. The Morgan fingerprint density at radius 1 is 0.818 bits per heavy atom. The highest BCUT2D eigenvalue weighted by atomic mass is 16.4. The average Bonchev–Trinajstić information content (AvgIpc) is 2.50. The second-order valence-corrected chi connectivity index (χ2v) is 6.67. The first-order valence-electron chi connectivity index (χ1n) is 9.53.